The summed E-state index contributed by atoms with van der Waals surface area (Å²) >= 11 is 5.18. The Morgan fingerprint density at radius 2 is 2.00 bits per heavy atom. The summed E-state index contributed by atoms with van der Waals surface area (Å²) in [5.74, 6) is 1.14. The molecule has 25 heavy (non-hydrogen) atoms. The zero-order valence-corrected chi connectivity index (χ0v) is 17.0. The van der Waals surface area contributed by atoms with E-state index >= 15 is 0 Å². The van der Waals surface area contributed by atoms with E-state index in [-0.39, 0.29) is 15.6 Å². The Morgan fingerprint density at radius 1 is 1.32 bits per heavy atom. The van der Waals surface area contributed by atoms with Crippen molar-refractivity contribution in [2.45, 2.75) is 56.2 Å². The molecular formula is C18H23BrN2O3S. The van der Waals surface area contributed by atoms with Gasteiger partial charge in [-0.15, -0.1) is 0 Å². The van der Waals surface area contributed by atoms with Crippen LogP contribution in [0.25, 0.3) is 0 Å². The number of hydrogen-bond acceptors (Lipinski definition) is 5. The molecule has 5 rings (SSSR count). The molecule has 0 saturated heterocycles. The first-order valence-electron chi connectivity index (χ1n) is 8.84. The van der Waals surface area contributed by atoms with Crippen molar-refractivity contribution < 1.29 is 14.3 Å². The molecule has 4 aliphatic carbocycles. The van der Waals surface area contributed by atoms with Crippen molar-refractivity contribution in [2.75, 3.05) is 12.4 Å². The van der Waals surface area contributed by atoms with Crippen molar-refractivity contribution in [1.82, 2.24) is 4.98 Å². The minimum atomic E-state index is -0.405. The van der Waals surface area contributed by atoms with Crippen LogP contribution in [-0.2, 0) is 9.53 Å². The van der Waals surface area contributed by atoms with Crippen LogP contribution in [0.15, 0.2) is 0 Å². The van der Waals surface area contributed by atoms with E-state index in [2.05, 4.69) is 26.2 Å². The van der Waals surface area contributed by atoms with Gasteiger partial charge in [0.2, 0.25) is 5.91 Å². The minimum absolute atomic E-state index is 0.0169. The predicted octanol–water partition coefficient (Wildman–Crippen LogP) is 4.30. The summed E-state index contributed by atoms with van der Waals surface area (Å²) in [6.45, 7) is 1.76. The molecule has 0 spiro atoms. The van der Waals surface area contributed by atoms with Crippen LogP contribution in [0.5, 0.6) is 0 Å². The zero-order chi connectivity index (χ0) is 17.8. The predicted molar refractivity (Wildman–Crippen MR) is 100 cm³/mol. The van der Waals surface area contributed by atoms with Crippen molar-refractivity contribution in [2.24, 2.45) is 17.3 Å². The lowest BCUT2D eigenvalue weighted by atomic mass is 9.48. The van der Waals surface area contributed by atoms with Gasteiger partial charge in [-0.05, 0) is 62.7 Å². The Bertz CT molecular complexity index is 718. The van der Waals surface area contributed by atoms with Gasteiger partial charge in [-0.1, -0.05) is 27.3 Å². The number of methoxy groups -OCH3 is 1. The van der Waals surface area contributed by atoms with E-state index in [4.69, 9.17) is 4.74 Å². The number of esters is 1. The zero-order valence-electron chi connectivity index (χ0n) is 14.6. The highest BCUT2D eigenvalue weighted by atomic mass is 79.9. The fourth-order valence-corrected chi connectivity index (χ4v) is 8.19. The van der Waals surface area contributed by atoms with Crippen molar-refractivity contribution in [1.29, 1.82) is 0 Å². The van der Waals surface area contributed by atoms with Crippen LogP contribution in [0.1, 0.15) is 60.3 Å². The van der Waals surface area contributed by atoms with Gasteiger partial charge in [-0.25, -0.2) is 9.78 Å². The van der Waals surface area contributed by atoms with Crippen molar-refractivity contribution in [3.05, 3.63) is 10.6 Å². The van der Waals surface area contributed by atoms with Crippen LogP contribution in [0.2, 0.25) is 0 Å². The largest absolute Gasteiger partial charge is 0.465 e. The second-order valence-electron chi connectivity index (χ2n) is 8.26. The molecule has 0 aliphatic heterocycles. The number of amides is 1. The molecular weight excluding hydrogens is 404 g/mol. The molecule has 4 saturated carbocycles. The number of ether oxygens (including phenoxy) is 1. The minimum Gasteiger partial charge on any atom is -0.465 e. The second kappa shape index (κ2) is 6.05. The summed E-state index contributed by atoms with van der Waals surface area (Å²) in [5.41, 5.74) is 0.733. The number of rotatable bonds is 4. The molecule has 1 N–H and O–H groups in total. The third kappa shape index (κ3) is 3.25. The standard InChI is InChI=1S/C18H23BrN2O3S/c1-10-14(15(23)24-2)25-16(20-10)21-13(22)8-17-4-11-3-12(5-17)7-18(19,6-11)9-17/h11-12H,3-9H2,1-2H3,(H,20,21,22). The summed E-state index contributed by atoms with van der Waals surface area (Å²) in [6, 6.07) is 0. The number of carbonyl (C=O) groups excluding carboxylic acids is 2. The summed E-state index contributed by atoms with van der Waals surface area (Å²) in [5, 5.41) is 3.40. The molecule has 1 aromatic heterocycles. The lowest BCUT2D eigenvalue weighted by Gasteiger charge is -2.60. The molecule has 0 radical (unpaired) electrons. The van der Waals surface area contributed by atoms with Crippen LogP contribution < -0.4 is 5.32 Å². The Balaban J connectivity index is 1.45. The number of aromatic nitrogens is 1. The van der Waals surface area contributed by atoms with Gasteiger partial charge in [0, 0.05) is 10.7 Å². The fraction of sp³-hybridized carbons (Fsp3) is 0.722. The Labute approximate surface area is 160 Å². The maximum atomic E-state index is 12.7. The van der Waals surface area contributed by atoms with Gasteiger partial charge in [0.25, 0.3) is 0 Å². The van der Waals surface area contributed by atoms with Gasteiger partial charge < -0.3 is 10.1 Å². The van der Waals surface area contributed by atoms with Crippen molar-refractivity contribution in [3.8, 4) is 0 Å². The molecule has 136 valence electrons. The SMILES string of the molecule is COC(=O)c1sc(NC(=O)CC23CC4CC(CC(Br)(C4)C2)C3)nc1C. The van der Waals surface area contributed by atoms with Crippen molar-refractivity contribution >= 4 is 44.3 Å². The van der Waals surface area contributed by atoms with Gasteiger partial charge in [0.1, 0.15) is 4.88 Å². The lowest BCUT2D eigenvalue weighted by Crippen LogP contribution is -2.53. The summed E-state index contributed by atoms with van der Waals surface area (Å²) in [7, 11) is 1.35. The first kappa shape index (κ1) is 17.5. The highest BCUT2D eigenvalue weighted by molar-refractivity contribution is 9.10. The highest BCUT2D eigenvalue weighted by Gasteiger charge is 2.57. The molecule has 5 nitrogen and oxygen atoms in total. The second-order valence-corrected chi connectivity index (χ2v) is 10.9. The smallest absolute Gasteiger partial charge is 0.350 e. The summed E-state index contributed by atoms with van der Waals surface area (Å²) in [4.78, 5) is 29.1. The van der Waals surface area contributed by atoms with Gasteiger partial charge in [0.15, 0.2) is 5.13 Å². The summed E-state index contributed by atoms with van der Waals surface area (Å²) in [6.07, 6.45) is 7.88. The fourth-order valence-electron chi connectivity index (χ4n) is 5.78. The van der Waals surface area contributed by atoms with Gasteiger partial charge in [-0.2, -0.15) is 0 Å². The number of carbonyl (C=O) groups is 2. The quantitative estimate of drug-likeness (QED) is 0.575. The Morgan fingerprint density at radius 3 is 2.60 bits per heavy atom. The third-order valence-corrected chi connectivity index (χ3v) is 8.04. The van der Waals surface area contributed by atoms with E-state index in [1.807, 2.05) is 0 Å². The van der Waals surface area contributed by atoms with E-state index in [9.17, 15) is 9.59 Å². The molecule has 4 aliphatic rings. The van der Waals surface area contributed by atoms with E-state index in [0.29, 0.717) is 22.1 Å². The van der Waals surface area contributed by atoms with Crippen LogP contribution in [0.3, 0.4) is 0 Å². The average molecular weight is 427 g/mol. The topological polar surface area (TPSA) is 68.3 Å². The van der Waals surface area contributed by atoms with E-state index in [0.717, 1.165) is 18.3 Å². The number of hydrogen-bond donors (Lipinski definition) is 1. The Kier molecular flexibility index (Phi) is 4.22. The van der Waals surface area contributed by atoms with Gasteiger partial charge in [-0.3, -0.25) is 4.79 Å². The molecule has 2 unspecified atom stereocenters. The van der Waals surface area contributed by atoms with Crippen LogP contribution in [-0.4, -0.2) is 28.3 Å². The average Bonchev–Trinajstić information content (AvgIpc) is 2.83. The van der Waals surface area contributed by atoms with E-state index < -0.39 is 5.97 Å². The first-order valence-corrected chi connectivity index (χ1v) is 10.5. The number of halogens is 1. The number of thiazole rings is 1. The van der Waals surface area contributed by atoms with E-state index in [1.54, 1.807) is 6.92 Å². The number of anilines is 1. The molecule has 4 fully saturated rings. The Hall–Kier alpha value is -0.950. The van der Waals surface area contributed by atoms with Crippen LogP contribution in [0, 0.1) is 24.2 Å². The van der Waals surface area contributed by atoms with E-state index in [1.165, 1.54) is 50.6 Å². The maximum absolute atomic E-state index is 12.7. The molecule has 2 atom stereocenters. The normalized spacial score (nSPS) is 35.6. The molecule has 1 heterocycles. The highest BCUT2D eigenvalue weighted by Crippen LogP contribution is 2.65. The first-order chi connectivity index (χ1) is 11.8. The number of nitrogens with one attached hydrogen (secondary N) is 1. The van der Waals surface area contributed by atoms with Crippen LogP contribution >= 0.6 is 27.3 Å². The molecule has 7 heteroatoms. The number of alkyl halides is 1. The molecule has 1 amide bonds. The van der Waals surface area contributed by atoms with Gasteiger partial charge in [0.05, 0.1) is 12.8 Å². The maximum Gasteiger partial charge on any atom is 0.350 e. The number of nitrogens with zero attached hydrogens (tertiary/aromatic N) is 1. The molecule has 1 aromatic rings. The summed E-state index contributed by atoms with van der Waals surface area (Å²) < 4.78 is 5.01. The molecule has 0 aromatic carbocycles. The monoisotopic (exact) mass is 426 g/mol. The van der Waals surface area contributed by atoms with Gasteiger partial charge >= 0.3 is 5.97 Å². The van der Waals surface area contributed by atoms with Crippen LogP contribution in [0.4, 0.5) is 5.13 Å². The van der Waals surface area contributed by atoms with Crippen molar-refractivity contribution in [3.63, 3.8) is 0 Å². The number of aryl methyl sites for hydroxylation is 1. The third-order valence-electron chi connectivity index (χ3n) is 6.06. The lowest BCUT2D eigenvalue weighted by molar-refractivity contribution is -0.123. The molecule has 4 bridgehead atoms.